The average molecular weight is 449 g/mol. The van der Waals surface area contributed by atoms with Crippen LogP contribution in [0.25, 0.3) is 0 Å². The van der Waals surface area contributed by atoms with E-state index in [4.69, 9.17) is 4.74 Å². The molecule has 3 aromatic rings. The van der Waals surface area contributed by atoms with Crippen LogP contribution in [0.3, 0.4) is 0 Å². The molecule has 0 atom stereocenters. The van der Waals surface area contributed by atoms with E-state index in [1.54, 1.807) is 30.3 Å². The minimum absolute atomic E-state index is 0.229. The second-order valence-electron chi connectivity index (χ2n) is 6.87. The summed E-state index contributed by atoms with van der Waals surface area (Å²) in [6, 6.07) is 12.8. The minimum atomic E-state index is -3.58. The fourth-order valence-corrected chi connectivity index (χ4v) is 5.45. The molecule has 7 nitrogen and oxygen atoms in total. The van der Waals surface area contributed by atoms with Gasteiger partial charge in [0.1, 0.15) is 17.4 Å². The zero-order chi connectivity index (χ0) is 21.1. The summed E-state index contributed by atoms with van der Waals surface area (Å²) >= 11 is 1.29. The molecule has 158 valence electrons. The third-order valence-electron chi connectivity index (χ3n) is 4.92. The molecule has 1 saturated heterocycles. The molecule has 1 aliphatic rings. The number of benzene rings is 2. The van der Waals surface area contributed by atoms with Crippen molar-refractivity contribution in [2.24, 2.45) is 0 Å². The molecule has 1 aromatic heterocycles. The molecular formula is C20H21FN4O3S2. The van der Waals surface area contributed by atoms with Gasteiger partial charge >= 0.3 is 0 Å². The maximum absolute atomic E-state index is 13.0. The predicted molar refractivity (Wildman–Crippen MR) is 113 cm³/mol. The molecule has 0 N–H and O–H groups in total. The van der Waals surface area contributed by atoms with Crippen molar-refractivity contribution < 1.29 is 17.5 Å². The lowest BCUT2D eigenvalue weighted by molar-refractivity contribution is 0.383. The maximum atomic E-state index is 13.0. The van der Waals surface area contributed by atoms with Crippen molar-refractivity contribution in [2.45, 2.75) is 11.3 Å². The Bertz CT molecular complexity index is 1110. The van der Waals surface area contributed by atoms with E-state index in [1.807, 2.05) is 4.90 Å². The van der Waals surface area contributed by atoms with E-state index in [9.17, 15) is 12.8 Å². The van der Waals surface area contributed by atoms with Crippen LogP contribution in [0.1, 0.15) is 11.4 Å². The van der Waals surface area contributed by atoms with Gasteiger partial charge in [0, 0.05) is 50.2 Å². The first-order chi connectivity index (χ1) is 14.5. The highest BCUT2D eigenvalue weighted by Gasteiger charge is 2.29. The zero-order valence-corrected chi connectivity index (χ0v) is 18.0. The molecule has 1 aliphatic heterocycles. The Morgan fingerprint density at radius 3 is 2.53 bits per heavy atom. The number of sulfonamides is 1. The van der Waals surface area contributed by atoms with Crippen molar-refractivity contribution in [3.63, 3.8) is 0 Å². The van der Waals surface area contributed by atoms with Crippen LogP contribution in [-0.2, 0) is 16.4 Å². The third kappa shape index (κ3) is 4.45. The van der Waals surface area contributed by atoms with Gasteiger partial charge in [-0.05, 0) is 29.8 Å². The lowest BCUT2D eigenvalue weighted by atomic mass is 10.1. The zero-order valence-electron chi connectivity index (χ0n) is 16.4. The Balaban J connectivity index is 1.39. The van der Waals surface area contributed by atoms with E-state index in [2.05, 4.69) is 9.36 Å². The summed E-state index contributed by atoms with van der Waals surface area (Å²) in [5, 5.41) is 0.769. The molecule has 1 fully saturated rings. The second-order valence-corrected chi connectivity index (χ2v) is 9.53. The second kappa shape index (κ2) is 8.66. The van der Waals surface area contributed by atoms with Gasteiger partial charge in [-0.3, -0.25) is 0 Å². The molecule has 2 heterocycles. The summed E-state index contributed by atoms with van der Waals surface area (Å²) in [5.74, 6) is 0.915. The summed E-state index contributed by atoms with van der Waals surface area (Å²) in [4.78, 5) is 6.85. The van der Waals surface area contributed by atoms with E-state index in [0.29, 0.717) is 44.2 Å². The van der Waals surface area contributed by atoms with E-state index in [0.717, 1.165) is 10.7 Å². The molecule has 2 aromatic carbocycles. The van der Waals surface area contributed by atoms with Gasteiger partial charge in [0.25, 0.3) is 0 Å². The van der Waals surface area contributed by atoms with Gasteiger partial charge in [0.15, 0.2) is 0 Å². The molecule has 0 bridgehead atoms. The monoisotopic (exact) mass is 448 g/mol. The van der Waals surface area contributed by atoms with Crippen LogP contribution in [0.4, 0.5) is 9.52 Å². The maximum Gasteiger partial charge on any atom is 0.243 e. The third-order valence-corrected chi connectivity index (χ3v) is 7.63. The average Bonchev–Trinajstić information content (AvgIpc) is 3.24. The van der Waals surface area contributed by atoms with Crippen molar-refractivity contribution in [3.05, 3.63) is 65.7 Å². The number of nitrogens with zero attached hydrogens (tertiary/aromatic N) is 4. The van der Waals surface area contributed by atoms with E-state index < -0.39 is 10.0 Å². The number of piperazine rings is 1. The molecule has 0 radical (unpaired) electrons. The Morgan fingerprint density at radius 2 is 1.83 bits per heavy atom. The fourth-order valence-electron chi connectivity index (χ4n) is 3.26. The van der Waals surface area contributed by atoms with Crippen molar-refractivity contribution in [1.29, 1.82) is 0 Å². The minimum Gasteiger partial charge on any atom is -0.497 e. The van der Waals surface area contributed by atoms with Crippen molar-refractivity contribution in [3.8, 4) is 5.75 Å². The highest BCUT2D eigenvalue weighted by atomic mass is 32.2. The van der Waals surface area contributed by atoms with Crippen LogP contribution in [0.15, 0.2) is 53.4 Å². The fraction of sp³-hybridized carbons (Fsp3) is 0.300. The number of methoxy groups -OCH3 is 1. The van der Waals surface area contributed by atoms with Crippen molar-refractivity contribution in [2.75, 3.05) is 38.2 Å². The Kier molecular flexibility index (Phi) is 5.98. The normalized spacial score (nSPS) is 15.3. The van der Waals surface area contributed by atoms with Gasteiger partial charge < -0.3 is 9.64 Å². The summed E-state index contributed by atoms with van der Waals surface area (Å²) in [6.07, 6.45) is 0.529. The van der Waals surface area contributed by atoms with Gasteiger partial charge in [-0.25, -0.2) is 17.8 Å². The van der Waals surface area contributed by atoms with Crippen molar-refractivity contribution >= 4 is 26.7 Å². The molecule has 30 heavy (non-hydrogen) atoms. The summed E-state index contributed by atoms with van der Waals surface area (Å²) in [5.41, 5.74) is 0.940. The quantitative estimate of drug-likeness (QED) is 0.577. The molecule has 0 aliphatic carbocycles. The molecular weight excluding hydrogens is 427 g/mol. The Hall–Kier alpha value is -2.56. The topological polar surface area (TPSA) is 75.6 Å². The van der Waals surface area contributed by atoms with Gasteiger partial charge in [0.2, 0.25) is 15.2 Å². The van der Waals surface area contributed by atoms with Crippen LogP contribution >= 0.6 is 11.5 Å². The molecule has 4 rings (SSSR count). The van der Waals surface area contributed by atoms with Gasteiger partial charge in [-0.2, -0.15) is 8.68 Å². The molecule has 10 heteroatoms. The van der Waals surface area contributed by atoms with Gasteiger partial charge in [-0.15, -0.1) is 0 Å². The molecule has 0 unspecified atom stereocenters. The number of rotatable bonds is 6. The smallest absolute Gasteiger partial charge is 0.243 e. The van der Waals surface area contributed by atoms with Crippen LogP contribution in [0.5, 0.6) is 5.75 Å². The predicted octanol–water partition coefficient (Wildman–Crippen LogP) is 2.79. The number of hydrogen-bond donors (Lipinski definition) is 0. The summed E-state index contributed by atoms with van der Waals surface area (Å²) < 4.78 is 49.9. The number of halogens is 1. The Labute approximate surface area is 179 Å². The summed E-state index contributed by atoms with van der Waals surface area (Å²) in [7, 11) is -2.07. The first kappa shape index (κ1) is 20.7. The van der Waals surface area contributed by atoms with Crippen molar-refractivity contribution in [1.82, 2.24) is 13.7 Å². The number of anilines is 1. The molecule has 0 spiro atoms. The molecule has 0 amide bonds. The highest BCUT2D eigenvalue weighted by Crippen LogP contribution is 2.25. The van der Waals surface area contributed by atoms with E-state index in [-0.39, 0.29) is 10.7 Å². The largest absolute Gasteiger partial charge is 0.497 e. The standard InChI is InChI=1S/C20H21FN4O3S2/c1-28-17-3-2-4-18(14-17)30(26,27)25-11-9-24(10-12-25)20-22-19(23-29-20)13-15-5-7-16(21)8-6-15/h2-8,14H,9-13H2,1H3. The van der Waals surface area contributed by atoms with E-state index in [1.165, 1.54) is 41.1 Å². The first-order valence-corrected chi connectivity index (χ1v) is 11.6. The van der Waals surface area contributed by atoms with Crippen LogP contribution in [-0.4, -0.2) is 55.4 Å². The molecule has 0 saturated carbocycles. The first-order valence-electron chi connectivity index (χ1n) is 9.42. The van der Waals surface area contributed by atoms with Crippen LogP contribution in [0.2, 0.25) is 0 Å². The van der Waals surface area contributed by atoms with Gasteiger partial charge in [-0.1, -0.05) is 18.2 Å². The van der Waals surface area contributed by atoms with Crippen LogP contribution in [0, 0.1) is 5.82 Å². The number of aromatic nitrogens is 2. The highest BCUT2D eigenvalue weighted by molar-refractivity contribution is 7.89. The Morgan fingerprint density at radius 1 is 1.10 bits per heavy atom. The lowest BCUT2D eigenvalue weighted by Crippen LogP contribution is -2.48. The number of ether oxygens (including phenoxy) is 1. The SMILES string of the molecule is COc1cccc(S(=O)(=O)N2CCN(c3nc(Cc4ccc(F)cc4)ns3)CC2)c1. The van der Waals surface area contributed by atoms with Crippen LogP contribution < -0.4 is 9.64 Å². The lowest BCUT2D eigenvalue weighted by Gasteiger charge is -2.33. The summed E-state index contributed by atoms with van der Waals surface area (Å²) in [6.45, 7) is 1.81. The van der Waals surface area contributed by atoms with E-state index >= 15 is 0 Å². The van der Waals surface area contributed by atoms with Gasteiger partial charge in [0.05, 0.1) is 12.0 Å². The number of hydrogen-bond acceptors (Lipinski definition) is 7.